The minimum atomic E-state index is -0.318. The highest BCUT2D eigenvalue weighted by atomic mass is 79.9. The smallest absolute Gasteiger partial charge is 0.287 e. The van der Waals surface area contributed by atoms with Gasteiger partial charge in [0.15, 0.2) is 0 Å². The lowest BCUT2D eigenvalue weighted by molar-refractivity contribution is 0.663. The highest BCUT2D eigenvalue weighted by molar-refractivity contribution is 9.10. The van der Waals surface area contributed by atoms with Gasteiger partial charge in [0.05, 0.1) is 16.8 Å². The van der Waals surface area contributed by atoms with E-state index in [1.165, 1.54) is 20.5 Å². The van der Waals surface area contributed by atoms with Gasteiger partial charge in [-0.3, -0.25) is 13.9 Å². The van der Waals surface area contributed by atoms with Crippen molar-refractivity contribution in [3.8, 4) is 11.8 Å². The number of halogens is 1. The number of aromatic nitrogens is 2. The molecule has 0 aliphatic carbocycles. The van der Waals surface area contributed by atoms with E-state index >= 15 is 0 Å². The van der Waals surface area contributed by atoms with Crippen molar-refractivity contribution in [3.63, 3.8) is 0 Å². The molecule has 6 heteroatoms. The summed E-state index contributed by atoms with van der Waals surface area (Å²) in [6.07, 6.45) is 0.616. The summed E-state index contributed by atoms with van der Waals surface area (Å²) in [5, 5.41) is 0.528. The van der Waals surface area contributed by atoms with Crippen LogP contribution in [0.5, 0.6) is 0 Å². The molecule has 2 aromatic heterocycles. The molecular weight excluding hydrogens is 448 g/mol. The van der Waals surface area contributed by atoms with E-state index in [-0.39, 0.29) is 17.8 Å². The molecule has 4 aromatic rings. The molecule has 29 heavy (non-hydrogen) atoms. The number of benzene rings is 2. The Hall–Kier alpha value is -2.88. The molecule has 0 atom stereocenters. The molecule has 0 aliphatic rings. The molecular formula is C23H17BrN2O2S. The van der Waals surface area contributed by atoms with Crippen LogP contribution in [0, 0.1) is 11.8 Å². The van der Waals surface area contributed by atoms with Crippen LogP contribution in [-0.4, -0.2) is 9.13 Å². The first-order valence-corrected chi connectivity index (χ1v) is 10.6. The van der Waals surface area contributed by atoms with Crippen molar-refractivity contribution in [3.05, 3.63) is 102 Å². The first-order chi connectivity index (χ1) is 14.0. The Labute approximate surface area is 180 Å². The van der Waals surface area contributed by atoms with Crippen LogP contribution < -0.4 is 11.2 Å². The van der Waals surface area contributed by atoms with Crippen molar-refractivity contribution >= 4 is 37.5 Å². The number of hydrogen-bond donors (Lipinski definition) is 0. The Kier molecular flexibility index (Phi) is 5.52. The third-order valence-corrected chi connectivity index (χ3v) is 6.21. The molecule has 0 aliphatic heterocycles. The fourth-order valence-corrected chi connectivity index (χ4v) is 4.56. The van der Waals surface area contributed by atoms with Crippen molar-refractivity contribution in [2.24, 2.45) is 7.05 Å². The molecule has 0 saturated carbocycles. The van der Waals surface area contributed by atoms with Crippen molar-refractivity contribution in [1.29, 1.82) is 0 Å². The maximum absolute atomic E-state index is 13.0. The Balaban J connectivity index is 1.70. The second kappa shape index (κ2) is 8.24. The van der Waals surface area contributed by atoms with Gasteiger partial charge in [-0.25, -0.2) is 4.79 Å². The Morgan fingerprint density at radius 2 is 1.76 bits per heavy atom. The molecule has 0 bridgehead atoms. The topological polar surface area (TPSA) is 44.0 Å². The average molecular weight is 465 g/mol. The van der Waals surface area contributed by atoms with Crippen molar-refractivity contribution in [2.45, 2.75) is 13.0 Å². The highest BCUT2D eigenvalue weighted by Crippen LogP contribution is 2.21. The molecule has 4 nitrogen and oxygen atoms in total. The van der Waals surface area contributed by atoms with Crippen LogP contribution in [0.25, 0.3) is 10.2 Å². The summed E-state index contributed by atoms with van der Waals surface area (Å²) < 4.78 is 3.83. The van der Waals surface area contributed by atoms with Gasteiger partial charge in [-0.2, -0.15) is 0 Å². The maximum Gasteiger partial charge on any atom is 0.332 e. The van der Waals surface area contributed by atoms with E-state index in [0.717, 1.165) is 20.5 Å². The normalized spacial score (nSPS) is 10.7. The Morgan fingerprint density at radius 3 is 2.52 bits per heavy atom. The van der Waals surface area contributed by atoms with Crippen molar-refractivity contribution in [2.75, 3.05) is 0 Å². The summed E-state index contributed by atoms with van der Waals surface area (Å²) in [6, 6.07) is 19.3. The molecule has 0 N–H and O–H groups in total. The number of hydrogen-bond acceptors (Lipinski definition) is 3. The third-order valence-electron chi connectivity index (χ3n) is 4.59. The minimum Gasteiger partial charge on any atom is -0.287 e. The van der Waals surface area contributed by atoms with E-state index in [0.29, 0.717) is 16.6 Å². The van der Waals surface area contributed by atoms with E-state index in [1.807, 2.05) is 54.6 Å². The van der Waals surface area contributed by atoms with E-state index < -0.39 is 0 Å². The second-order valence-corrected chi connectivity index (χ2v) is 8.60. The monoisotopic (exact) mass is 464 g/mol. The Morgan fingerprint density at radius 1 is 1.00 bits per heavy atom. The fraction of sp³-hybridized carbons (Fsp3) is 0.130. The Bertz CT molecular complexity index is 1370. The van der Waals surface area contributed by atoms with Gasteiger partial charge >= 0.3 is 5.69 Å². The van der Waals surface area contributed by atoms with Crippen LogP contribution in [0.2, 0.25) is 0 Å². The van der Waals surface area contributed by atoms with Crippen LogP contribution in [0.15, 0.2) is 74.7 Å². The zero-order chi connectivity index (χ0) is 20.4. The molecule has 0 radical (unpaired) electrons. The van der Waals surface area contributed by atoms with Crippen LogP contribution in [0.1, 0.15) is 16.0 Å². The van der Waals surface area contributed by atoms with Gasteiger partial charge in [0.2, 0.25) is 0 Å². The molecule has 0 unspecified atom stereocenters. The largest absolute Gasteiger partial charge is 0.332 e. The summed E-state index contributed by atoms with van der Waals surface area (Å²) in [7, 11) is 1.70. The summed E-state index contributed by atoms with van der Waals surface area (Å²) >= 11 is 4.83. The summed E-state index contributed by atoms with van der Waals surface area (Å²) in [5.74, 6) is 6.29. The molecule has 2 aromatic carbocycles. The van der Waals surface area contributed by atoms with Gasteiger partial charge in [-0.05, 0) is 29.3 Å². The van der Waals surface area contributed by atoms with Crippen molar-refractivity contribution < 1.29 is 0 Å². The van der Waals surface area contributed by atoms with E-state index in [9.17, 15) is 9.59 Å². The van der Waals surface area contributed by atoms with Gasteiger partial charge in [-0.1, -0.05) is 70.2 Å². The van der Waals surface area contributed by atoms with Gasteiger partial charge in [0.25, 0.3) is 5.56 Å². The standard InChI is InChI=1S/C23H17BrN2O2S/c1-25-22-20(21(27)26(23(25)28)15-17-7-3-2-4-8-17)14-19(29-22)12-6-10-16-9-5-11-18(24)13-16/h2-5,7-9,11,13-14H,10,15H2,1H3. The lowest BCUT2D eigenvalue weighted by atomic mass is 10.1. The number of aryl methyl sites for hydroxylation is 1. The molecule has 0 spiro atoms. The highest BCUT2D eigenvalue weighted by Gasteiger charge is 2.14. The zero-order valence-corrected chi connectivity index (χ0v) is 18.1. The van der Waals surface area contributed by atoms with Crippen LogP contribution in [0.4, 0.5) is 0 Å². The van der Waals surface area contributed by atoms with Gasteiger partial charge in [0, 0.05) is 17.9 Å². The number of fused-ring (bicyclic) bond motifs is 1. The minimum absolute atomic E-state index is 0.252. The van der Waals surface area contributed by atoms with Crippen LogP contribution in [-0.2, 0) is 20.0 Å². The lowest BCUT2D eigenvalue weighted by Crippen LogP contribution is -2.38. The van der Waals surface area contributed by atoms with Crippen molar-refractivity contribution in [1.82, 2.24) is 9.13 Å². The second-order valence-electron chi connectivity index (χ2n) is 6.66. The lowest BCUT2D eigenvalue weighted by Gasteiger charge is -2.08. The van der Waals surface area contributed by atoms with Gasteiger partial charge in [-0.15, -0.1) is 11.3 Å². The van der Waals surface area contributed by atoms with Crippen LogP contribution in [0.3, 0.4) is 0 Å². The fourth-order valence-electron chi connectivity index (χ4n) is 3.13. The summed E-state index contributed by atoms with van der Waals surface area (Å²) in [6.45, 7) is 0.252. The average Bonchev–Trinajstić information content (AvgIpc) is 3.15. The van der Waals surface area contributed by atoms with Crippen LogP contribution >= 0.6 is 27.3 Å². The quantitative estimate of drug-likeness (QED) is 0.427. The molecule has 2 heterocycles. The van der Waals surface area contributed by atoms with E-state index in [1.54, 1.807) is 13.1 Å². The molecule has 0 saturated heterocycles. The summed E-state index contributed by atoms with van der Waals surface area (Å²) in [5.41, 5.74) is 1.44. The van der Waals surface area contributed by atoms with E-state index in [4.69, 9.17) is 0 Å². The van der Waals surface area contributed by atoms with E-state index in [2.05, 4.69) is 27.8 Å². The first kappa shape index (κ1) is 19.4. The number of nitrogens with zero attached hydrogens (tertiary/aromatic N) is 2. The summed E-state index contributed by atoms with van der Waals surface area (Å²) in [4.78, 5) is 27.1. The SMILES string of the molecule is Cn1c(=O)n(Cc2ccccc2)c(=O)c2cc(C#CCc3cccc(Br)c3)sc21. The molecule has 4 rings (SSSR count). The van der Waals surface area contributed by atoms with Gasteiger partial charge in [0.1, 0.15) is 4.83 Å². The molecule has 0 amide bonds. The predicted octanol–water partition coefficient (Wildman–Crippen LogP) is 4.17. The number of thiophene rings is 1. The zero-order valence-electron chi connectivity index (χ0n) is 15.7. The van der Waals surface area contributed by atoms with Gasteiger partial charge < -0.3 is 0 Å². The molecule has 144 valence electrons. The first-order valence-electron chi connectivity index (χ1n) is 9.03. The number of rotatable bonds is 3. The maximum atomic E-state index is 13.0. The third kappa shape index (κ3) is 4.12. The molecule has 0 fully saturated rings. The predicted molar refractivity (Wildman–Crippen MR) is 122 cm³/mol.